The number of carboxylic acids is 1. The van der Waals surface area contributed by atoms with E-state index in [1.165, 1.54) is 4.90 Å². The van der Waals surface area contributed by atoms with Crippen LogP contribution in [0.15, 0.2) is 0 Å². The Morgan fingerprint density at radius 1 is 1.42 bits per heavy atom. The van der Waals surface area contributed by atoms with Gasteiger partial charge in [-0.1, -0.05) is 0 Å². The predicted molar refractivity (Wildman–Crippen MR) is 67.8 cm³/mol. The molecule has 108 valence electrons. The number of Topliss-reactive ketones (excluding diaryl/α,β-unsaturated/α-hetero) is 1. The molecule has 0 spiro atoms. The summed E-state index contributed by atoms with van der Waals surface area (Å²) >= 11 is 0. The number of hydrogen-bond acceptors (Lipinski definition) is 4. The van der Waals surface area contributed by atoms with Crippen LogP contribution in [-0.4, -0.2) is 46.0 Å². The van der Waals surface area contributed by atoms with Crippen LogP contribution in [0.2, 0.25) is 0 Å². The minimum atomic E-state index is -0.990. The number of carboxylic acid groups (broad SMARTS) is 1. The lowest BCUT2D eigenvalue weighted by Crippen LogP contribution is -2.52. The lowest BCUT2D eigenvalue weighted by atomic mass is 9.88. The third kappa shape index (κ3) is 4.22. The summed E-state index contributed by atoms with van der Waals surface area (Å²) < 4.78 is 5.23. The monoisotopic (exact) mass is 271 g/mol. The summed E-state index contributed by atoms with van der Waals surface area (Å²) in [6.07, 6.45) is -0.331. The second kappa shape index (κ2) is 5.59. The molecule has 0 saturated carbocycles. The summed E-state index contributed by atoms with van der Waals surface area (Å²) in [4.78, 5) is 36.0. The lowest BCUT2D eigenvalue weighted by molar-refractivity contribution is -0.143. The normalized spacial score (nSPS) is 24.2. The van der Waals surface area contributed by atoms with Gasteiger partial charge in [-0.15, -0.1) is 0 Å². The first kappa shape index (κ1) is 15.5. The largest absolute Gasteiger partial charge is 0.481 e. The van der Waals surface area contributed by atoms with E-state index in [4.69, 9.17) is 9.84 Å². The molecule has 1 N–H and O–H groups in total. The van der Waals surface area contributed by atoms with Crippen LogP contribution in [0.1, 0.15) is 40.5 Å². The van der Waals surface area contributed by atoms with Crippen LogP contribution in [-0.2, 0) is 14.3 Å². The summed E-state index contributed by atoms with van der Waals surface area (Å²) in [5.41, 5.74) is -0.613. The molecule has 1 aliphatic rings. The van der Waals surface area contributed by atoms with Gasteiger partial charge in [0, 0.05) is 12.5 Å². The number of aliphatic carboxylic acids is 1. The molecule has 2 unspecified atom stereocenters. The van der Waals surface area contributed by atoms with Crippen LogP contribution in [0.4, 0.5) is 4.79 Å². The average molecular weight is 271 g/mol. The van der Waals surface area contributed by atoms with Gasteiger partial charge in [0.15, 0.2) is 5.78 Å². The zero-order valence-corrected chi connectivity index (χ0v) is 11.8. The van der Waals surface area contributed by atoms with Gasteiger partial charge >= 0.3 is 12.1 Å². The van der Waals surface area contributed by atoms with Gasteiger partial charge in [0.2, 0.25) is 0 Å². The van der Waals surface area contributed by atoms with Gasteiger partial charge < -0.3 is 9.84 Å². The van der Waals surface area contributed by atoms with E-state index < -0.39 is 29.6 Å². The molecule has 6 heteroatoms. The molecule has 1 aliphatic heterocycles. The first-order valence-corrected chi connectivity index (χ1v) is 6.37. The van der Waals surface area contributed by atoms with Crippen molar-refractivity contribution in [3.05, 3.63) is 0 Å². The Morgan fingerprint density at radius 2 is 2.00 bits per heavy atom. The fourth-order valence-corrected chi connectivity index (χ4v) is 2.11. The topological polar surface area (TPSA) is 83.9 Å². The quantitative estimate of drug-likeness (QED) is 0.826. The van der Waals surface area contributed by atoms with E-state index >= 15 is 0 Å². The van der Waals surface area contributed by atoms with Gasteiger partial charge in [0.05, 0.1) is 12.5 Å². The molecule has 0 aromatic rings. The van der Waals surface area contributed by atoms with E-state index in [0.29, 0.717) is 13.0 Å². The van der Waals surface area contributed by atoms with E-state index in [1.54, 1.807) is 27.7 Å². The summed E-state index contributed by atoms with van der Waals surface area (Å²) in [5.74, 6) is -1.71. The molecule has 2 atom stereocenters. The first-order chi connectivity index (χ1) is 8.61. The number of amides is 1. The van der Waals surface area contributed by atoms with Gasteiger partial charge in [-0.25, -0.2) is 4.79 Å². The van der Waals surface area contributed by atoms with Gasteiger partial charge in [-0.3, -0.25) is 14.5 Å². The highest BCUT2D eigenvalue weighted by molar-refractivity contribution is 5.92. The van der Waals surface area contributed by atoms with Crippen molar-refractivity contribution in [3.63, 3.8) is 0 Å². The fourth-order valence-electron chi connectivity index (χ4n) is 2.11. The van der Waals surface area contributed by atoms with E-state index in [2.05, 4.69) is 0 Å². The van der Waals surface area contributed by atoms with E-state index in [0.717, 1.165) is 0 Å². The van der Waals surface area contributed by atoms with Crippen molar-refractivity contribution in [2.24, 2.45) is 5.92 Å². The van der Waals surface area contributed by atoms with Crippen LogP contribution >= 0.6 is 0 Å². The molecule has 19 heavy (non-hydrogen) atoms. The summed E-state index contributed by atoms with van der Waals surface area (Å²) in [5, 5.41) is 8.74. The summed E-state index contributed by atoms with van der Waals surface area (Å²) in [6, 6.07) is -0.632. The Bertz CT molecular complexity index is 385. The molecule has 1 amide bonds. The number of ketones is 1. The van der Waals surface area contributed by atoms with Crippen LogP contribution in [0.5, 0.6) is 0 Å². The minimum absolute atomic E-state index is 0.175. The van der Waals surface area contributed by atoms with Gasteiger partial charge in [-0.05, 0) is 34.1 Å². The Morgan fingerprint density at radius 3 is 2.47 bits per heavy atom. The number of hydrogen-bond donors (Lipinski definition) is 1. The maximum absolute atomic E-state index is 12.0. The molecule has 0 bridgehead atoms. The van der Waals surface area contributed by atoms with Crippen molar-refractivity contribution in [1.29, 1.82) is 0 Å². The molecular weight excluding hydrogens is 250 g/mol. The second-order valence-corrected chi connectivity index (χ2v) is 5.84. The Hall–Kier alpha value is -1.59. The molecule has 1 fully saturated rings. The number of carbonyl (C=O) groups is 3. The number of piperidine rings is 1. The number of carbonyl (C=O) groups excluding carboxylic acids is 2. The molecule has 0 aromatic carbocycles. The van der Waals surface area contributed by atoms with Crippen molar-refractivity contribution in [2.45, 2.75) is 52.2 Å². The average Bonchev–Trinajstić information content (AvgIpc) is 2.21. The van der Waals surface area contributed by atoms with Crippen molar-refractivity contribution < 1.29 is 24.2 Å². The molecule has 0 aromatic heterocycles. The van der Waals surface area contributed by atoms with Crippen molar-refractivity contribution >= 4 is 17.8 Å². The number of rotatable bonds is 2. The smallest absolute Gasteiger partial charge is 0.410 e. The van der Waals surface area contributed by atoms with E-state index in [1.807, 2.05) is 0 Å². The highest BCUT2D eigenvalue weighted by atomic mass is 16.6. The SMILES string of the molecule is CC1C(=O)C(CC(=O)O)CCN1C(=O)OC(C)(C)C. The maximum atomic E-state index is 12.0. The molecule has 6 nitrogen and oxygen atoms in total. The van der Waals surface area contributed by atoms with Crippen LogP contribution < -0.4 is 0 Å². The first-order valence-electron chi connectivity index (χ1n) is 6.37. The molecule has 0 radical (unpaired) electrons. The number of nitrogens with zero attached hydrogens (tertiary/aromatic N) is 1. The van der Waals surface area contributed by atoms with Crippen LogP contribution in [0.25, 0.3) is 0 Å². The van der Waals surface area contributed by atoms with E-state index in [-0.39, 0.29) is 12.2 Å². The standard InChI is InChI=1S/C13H21NO5/c1-8-11(17)9(7-10(15)16)5-6-14(8)12(18)19-13(2,3)4/h8-9H,5-7H2,1-4H3,(H,15,16). The summed E-state index contributed by atoms with van der Waals surface area (Å²) in [7, 11) is 0. The lowest BCUT2D eigenvalue weighted by Gasteiger charge is -2.36. The van der Waals surface area contributed by atoms with Crippen molar-refractivity contribution in [2.75, 3.05) is 6.54 Å². The van der Waals surface area contributed by atoms with Crippen molar-refractivity contribution in [1.82, 2.24) is 4.90 Å². The summed E-state index contributed by atoms with van der Waals surface area (Å²) in [6.45, 7) is 7.23. The Balaban J connectivity index is 2.69. The third-order valence-electron chi connectivity index (χ3n) is 3.05. The Kier molecular flexibility index (Phi) is 4.55. The van der Waals surface area contributed by atoms with Gasteiger partial charge in [0.25, 0.3) is 0 Å². The maximum Gasteiger partial charge on any atom is 0.410 e. The Labute approximate surface area is 112 Å². The molecule has 0 aliphatic carbocycles. The van der Waals surface area contributed by atoms with Gasteiger partial charge in [-0.2, -0.15) is 0 Å². The molecule has 1 heterocycles. The zero-order chi connectivity index (χ0) is 14.8. The highest BCUT2D eigenvalue weighted by Gasteiger charge is 2.38. The second-order valence-electron chi connectivity index (χ2n) is 5.84. The van der Waals surface area contributed by atoms with Gasteiger partial charge in [0.1, 0.15) is 5.60 Å². The van der Waals surface area contributed by atoms with Crippen LogP contribution in [0, 0.1) is 5.92 Å². The number of ether oxygens (including phenoxy) is 1. The van der Waals surface area contributed by atoms with E-state index in [9.17, 15) is 14.4 Å². The molecular formula is C13H21NO5. The minimum Gasteiger partial charge on any atom is -0.481 e. The predicted octanol–water partition coefficient (Wildman–Crippen LogP) is 1.68. The third-order valence-corrected chi connectivity index (χ3v) is 3.05. The molecule has 1 rings (SSSR count). The van der Waals surface area contributed by atoms with Crippen molar-refractivity contribution in [3.8, 4) is 0 Å². The highest BCUT2D eigenvalue weighted by Crippen LogP contribution is 2.24. The zero-order valence-electron chi connectivity index (χ0n) is 11.8. The fraction of sp³-hybridized carbons (Fsp3) is 0.769. The van der Waals surface area contributed by atoms with Crippen LogP contribution in [0.3, 0.4) is 0 Å². The molecule has 1 saturated heterocycles. The number of likely N-dealkylation sites (tertiary alicyclic amines) is 1.